The fourth-order valence-electron chi connectivity index (χ4n) is 2.22. The lowest BCUT2D eigenvalue weighted by Gasteiger charge is -2.21. The van der Waals surface area contributed by atoms with Gasteiger partial charge in [-0.25, -0.2) is 8.42 Å². The van der Waals surface area contributed by atoms with Crippen LogP contribution in [0.15, 0.2) is 46.0 Å². The third-order valence-electron chi connectivity index (χ3n) is 3.59. The molecule has 25 heavy (non-hydrogen) atoms. The van der Waals surface area contributed by atoms with Gasteiger partial charge in [0.1, 0.15) is 16.0 Å². The highest BCUT2D eigenvalue weighted by Crippen LogP contribution is 2.17. The van der Waals surface area contributed by atoms with Gasteiger partial charge < -0.3 is 10.1 Å². The number of methoxy groups -OCH3 is 1. The minimum absolute atomic E-state index is 0.193. The summed E-state index contributed by atoms with van der Waals surface area (Å²) in [7, 11) is -2.14. The number of nitrogens with one attached hydrogen (secondary N) is 2. The smallest absolute Gasteiger partial charge is 0.250 e. The fourth-order valence-corrected chi connectivity index (χ4v) is 4.57. The van der Waals surface area contributed by atoms with Crippen LogP contribution in [0, 0.1) is 5.92 Å². The fraction of sp³-hybridized carbons (Fsp3) is 0.353. The van der Waals surface area contributed by atoms with E-state index in [-0.39, 0.29) is 16.0 Å². The molecule has 0 spiro atoms. The molecular formula is C17H22N2O4S2. The Labute approximate surface area is 152 Å². The average Bonchev–Trinajstić information content (AvgIpc) is 3.13. The van der Waals surface area contributed by atoms with Crippen molar-refractivity contribution in [3.05, 3.63) is 47.3 Å². The maximum atomic E-state index is 12.5. The van der Waals surface area contributed by atoms with Crippen LogP contribution in [-0.2, 0) is 21.4 Å². The first-order valence-corrected chi connectivity index (χ1v) is 10.2. The number of rotatable bonds is 8. The lowest BCUT2D eigenvalue weighted by Crippen LogP contribution is -2.49. The number of hydrogen-bond donors (Lipinski definition) is 2. The van der Waals surface area contributed by atoms with Crippen LogP contribution in [0.1, 0.15) is 19.4 Å². The second kappa shape index (κ2) is 8.46. The van der Waals surface area contributed by atoms with E-state index in [1.165, 1.54) is 6.07 Å². The first-order chi connectivity index (χ1) is 11.8. The van der Waals surface area contributed by atoms with Gasteiger partial charge in [0.25, 0.3) is 10.0 Å². The maximum absolute atomic E-state index is 12.5. The van der Waals surface area contributed by atoms with Gasteiger partial charge in [0.05, 0.1) is 7.11 Å². The Kier molecular flexibility index (Phi) is 6.57. The van der Waals surface area contributed by atoms with Crippen molar-refractivity contribution in [2.24, 2.45) is 5.92 Å². The SMILES string of the molecule is COc1cccc(CNC(=O)C(NS(=O)(=O)c2cccs2)C(C)C)c1. The minimum Gasteiger partial charge on any atom is -0.497 e. The number of amides is 1. The molecule has 2 rings (SSSR count). The van der Waals surface area contributed by atoms with E-state index in [1.807, 2.05) is 24.3 Å². The van der Waals surface area contributed by atoms with Crippen LogP contribution in [0.5, 0.6) is 5.75 Å². The molecule has 8 heteroatoms. The molecule has 0 aliphatic carbocycles. The van der Waals surface area contributed by atoms with E-state index in [4.69, 9.17) is 4.74 Å². The predicted molar refractivity (Wildman–Crippen MR) is 98.1 cm³/mol. The highest BCUT2D eigenvalue weighted by Gasteiger charge is 2.28. The van der Waals surface area contributed by atoms with Crippen molar-refractivity contribution in [1.82, 2.24) is 10.0 Å². The molecule has 1 aromatic carbocycles. The monoisotopic (exact) mass is 382 g/mol. The van der Waals surface area contributed by atoms with Crippen LogP contribution in [0.3, 0.4) is 0 Å². The zero-order valence-electron chi connectivity index (χ0n) is 14.4. The van der Waals surface area contributed by atoms with Gasteiger partial charge in [-0.2, -0.15) is 4.72 Å². The zero-order chi connectivity index (χ0) is 18.4. The van der Waals surface area contributed by atoms with Crippen molar-refractivity contribution in [2.45, 2.75) is 30.6 Å². The molecule has 2 aromatic rings. The van der Waals surface area contributed by atoms with Crippen LogP contribution in [0.4, 0.5) is 0 Å². The topological polar surface area (TPSA) is 84.5 Å². The summed E-state index contributed by atoms with van der Waals surface area (Å²) < 4.78 is 32.6. The summed E-state index contributed by atoms with van der Waals surface area (Å²) in [4.78, 5) is 12.5. The second-order valence-electron chi connectivity index (χ2n) is 5.84. The molecule has 0 saturated heterocycles. The number of carbonyl (C=O) groups is 1. The van der Waals surface area contributed by atoms with Gasteiger partial charge in [-0.05, 0) is 35.1 Å². The number of carbonyl (C=O) groups excluding carboxylic acids is 1. The van der Waals surface area contributed by atoms with E-state index in [9.17, 15) is 13.2 Å². The van der Waals surface area contributed by atoms with Gasteiger partial charge in [0, 0.05) is 6.54 Å². The largest absolute Gasteiger partial charge is 0.497 e. The summed E-state index contributed by atoms with van der Waals surface area (Å²) in [6.07, 6.45) is 0. The molecule has 6 nitrogen and oxygen atoms in total. The quantitative estimate of drug-likeness (QED) is 0.734. The molecule has 1 atom stereocenters. The molecular weight excluding hydrogens is 360 g/mol. The summed E-state index contributed by atoms with van der Waals surface area (Å²) in [5.74, 6) is 0.142. The number of hydrogen-bond acceptors (Lipinski definition) is 5. The van der Waals surface area contributed by atoms with E-state index in [0.717, 1.165) is 16.9 Å². The minimum atomic E-state index is -3.71. The van der Waals surface area contributed by atoms with Crippen LogP contribution in [0.2, 0.25) is 0 Å². The lowest BCUT2D eigenvalue weighted by molar-refractivity contribution is -0.123. The van der Waals surface area contributed by atoms with E-state index in [0.29, 0.717) is 12.3 Å². The maximum Gasteiger partial charge on any atom is 0.250 e. The highest BCUT2D eigenvalue weighted by molar-refractivity contribution is 7.91. The first-order valence-electron chi connectivity index (χ1n) is 7.80. The number of thiophene rings is 1. The summed E-state index contributed by atoms with van der Waals surface area (Å²) in [6.45, 7) is 3.89. The van der Waals surface area contributed by atoms with Crippen LogP contribution < -0.4 is 14.8 Å². The molecule has 1 heterocycles. The molecule has 0 fully saturated rings. The van der Waals surface area contributed by atoms with E-state index >= 15 is 0 Å². The Morgan fingerprint density at radius 1 is 1.24 bits per heavy atom. The Balaban J connectivity index is 2.05. The molecule has 1 aromatic heterocycles. The second-order valence-corrected chi connectivity index (χ2v) is 8.73. The molecule has 1 unspecified atom stereocenters. The molecule has 0 bridgehead atoms. The van der Waals surface area contributed by atoms with Gasteiger partial charge in [-0.15, -0.1) is 11.3 Å². The predicted octanol–water partition coefficient (Wildman–Crippen LogP) is 2.38. The number of sulfonamides is 1. The van der Waals surface area contributed by atoms with Gasteiger partial charge in [-0.1, -0.05) is 32.0 Å². The third kappa shape index (κ3) is 5.29. The molecule has 136 valence electrons. The molecule has 0 aliphatic heterocycles. The first kappa shape index (κ1) is 19.4. The average molecular weight is 383 g/mol. The van der Waals surface area contributed by atoms with Crippen molar-refractivity contribution in [2.75, 3.05) is 7.11 Å². The summed E-state index contributed by atoms with van der Waals surface area (Å²) >= 11 is 1.11. The van der Waals surface area contributed by atoms with Crippen LogP contribution >= 0.6 is 11.3 Å². The van der Waals surface area contributed by atoms with Gasteiger partial charge in [0.2, 0.25) is 5.91 Å². The number of benzene rings is 1. The Hall–Kier alpha value is -1.90. The van der Waals surface area contributed by atoms with Crippen molar-refractivity contribution in [3.63, 3.8) is 0 Å². The van der Waals surface area contributed by atoms with E-state index in [1.54, 1.807) is 32.4 Å². The van der Waals surface area contributed by atoms with Crippen molar-refractivity contribution < 1.29 is 17.9 Å². The van der Waals surface area contributed by atoms with Crippen LogP contribution in [-0.4, -0.2) is 27.5 Å². The summed E-state index contributed by atoms with van der Waals surface area (Å²) in [5.41, 5.74) is 0.872. The number of ether oxygens (including phenoxy) is 1. The van der Waals surface area contributed by atoms with Crippen molar-refractivity contribution in [1.29, 1.82) is 0 Å². The zero-order valence-corrected chi connectivity index (χ0v) is 16.0. The molecule has 0 radical (unpaired) electrons. The Morgan fingerprint density at radius 2 is 2.00 bits per heavy atom. The Bertz CT molecular complexity index is 802. The Morgan fingerprint density at radius 3 is 2.60 bits per heavy atom. The lowest BCUT2D eigenvalue weighted by atomic mass is 10.0. The van der Waals surface area contributed by atoms with E-state index in [2.05, 4.69) is 10.0 Å². The van der Waals surface area contributed by atoms with E-state index < -0.39 is 16.1 Å². The van der Waals surface area contributed by atoms with Crippen molar-refractivity contribution >= 4 is 27.3 Å². The van der Waals surface area contributed by atoms with Gasteiger partial charge >= 0.3 is 0 Å². The molecule has 1 amide bonds. The van der Waals surface area contributed by atoms with Crippen LogP contribution in [0.25, 0.3) is 0 Å². The molecule has 0 saturated carbocycles. The van der Waals surface area contributed by atoms with Crippen molar-refractivity contribution in [3.8, 4) is 5.75 Å². The van der Waals surface area contributed by atoms with Gasteiger partial charge in [0.15, 0.2) is 0 Å². The molecule has 0 aliphatic rings. The third-order valence-corrected chi connectivity index (χ3v) is 6.43. The summed E-state index contributed by atoms with van der Waals surface area (Å²) in [5, 5.41) is 4.46. The standard InChI is InChI=1S/C17H22N2O4S2/c1-12(2)16(19-25(21,22)15-8-5-9-24-15)17(20)18-11-13-6-4-7-14(10-13)23-3/h4-10,12,16,19H,11H2,1-3H3,(H,18,20). The molecule has 2 N–H and O–H groups in total. The van der Waals surface area contributed by atoms with Gasteiger partial charge in [-0.3, -0.25) is 4.79 Å². The highest BCUT2D eigenvalue weighted by atomic mass is 32.2. The normalized spacial score (nSPS) is 12.8. The summed E-state index contributed by atoms with van der Waals surface area (Å²) in [6, 6.07) is 9.66.